The maximum Gasteiger partial charge on any atom is 0.243 e. The average Bonchev–Trinajstić information content (AvgIpc) is 2.94. The maximum absolute atomic E-state index is 13.9. The van der Waals surface area contributed by atoms with Gasteiger partial charge in [0.05, 0.1) is 10.0 Å². The summed E-state index contributed by atoms with van der Waals surface area (Å²) in [4.78, 5) is 29.1. The fourth-order valence-electron chi connectivity index (χ4n) is 4.45. The molecule has 8 heteroatoms. The lowest BCUT2D eigenvalue weighted by Crippen LogP contribution is -2.51. The van der Waals surface area contributed by atoms with Crippen LogP contribution in [-0.2, 0) is 29.0 Å². The van der Waals surface area contributed by atoms with E-state index in [4.69, 9.17) is 32.7 Å². The molecular formula is C31H34Cl2N2O4. The first-order valence-corrected chi connectivity index (χ1v) is 14.0. The van der Waals surface area contributed by atoms with E-state index < -0.39 is 6.04 Å². The van der Waals surface area contributed by atoms with E-state index in [1.807, 2.05) is 68.4 Å². The number of nitrogens with one attached hydrogen (secondary N) is 1. The van der Waals surface area contributed by atoms with Gasteiger partial charge >= 0.3 is 0 Å². The zero-order valence-electron chi connectivity index (χ0n) is 22.3. The van der Waals surface area contributed by atoms with Crippen molar-refractivity contribution in [3.05, 3.63) is 93.5 Å². The van der Waals surface area contributed by atoms with Crippen LogP contribution in [0, 0.1) is 5.92 Å². The lowest BCUT2D eigenvalue weighted by Gasteiger charge is -2.32. The highest BCUT2D eigenvalue weighted by Crippen LogP contribution is 2.31. The molecule has 206 valence electrons. The van der Waals surface area contributed by atoms with Crippen molar-refractivity contribution in [2.45, 2.75) is 45.7 Å². The summed E-state index contributed by atoms with van der Waals surface area (Å²) in [5.41, 5.74) is 2.73. The van der Waals surface area contributed by atoms with Crippen LogP contribution >= 0.6 is 23.2 Å². The largest absolute Gasteiger partial charge is 0.486 e. The van der Waals surface area contributed by atoms with Gasteiger partial charge in [-0.25, -0.2) is 0 Å². The van der Waals surface area contributed by atoms with E-state index >= 15 is 0 Å². The molecule has 0 spiro atoms. The molecule has 1 aliphatic heterocycles. The molecule has 39 heavy (non-hydrogen) atoms. The Morgan fingerprint density at radius 2 is 1.59 bits per heavy atom. The maximum atomic E-state index is 13.9. The van der Waals surface area contributed by atoms with E-state index in [2.05, 4.69) is 5.32 Å². The number of carbonyl (C=O) groups is 2. The van der Waals surface area contributed by atoms with Gasteiger partial charge in [0.25, 0.3) is 0 Å². The highest BCUT2D eigenvalue weighted by molar-refractivity contribution is 6.42. The summed E-state index contributed by atoms with van der Waals surface area (Å²) in [5.74, 6) is 1.37. The SMILES string of the molecule is CC(C)CNC(=O)[C@H](Cc1ccccc1)N(Cc1ccc(Cl)c(Cl)c1)C(=O)CCc1ccc2c(c1)OCCO2. The van der Waals surface area contributed by atoms with Gasteiger partial charge in [0.2, 0.25) is 11.8 Å². The second kappa shape index (κ2) is 13.7. The normalized spacial score (nSPS) is 13.2. The molecule has 3 aromatic carbocycles. The molecule has 1 atom stereocenters. The minimum absolute atomic E-state index is 0.128. The number of ether oxygens (including phenoxy) is 2. The van der Waals surface area contributed by atoms with Crippen molar-refractivity contribution in [3.63, 3.8) is 0 Å². The molecule has 1 heterocycles. The molecule has 6 nitrogen and oxygen atoms in total. The van der Waals surface area contributed by atoms with Crippen molar-refractivity contribution in [2.75, 3.05) is 19.8 Å². The number of rotatable bonds is 11. The minimum Gasteiger partial charge on any atom is -0.486 e. The summed E-state index contributed by atoms with van der Waals surface area (Å²) in [7, 11) is 0. The predicted molar refractivity (Wildman–Crippen MR) is 155 cm³/mol. The van der Waals surface area contributed by atoms with Gasteiger partial charge in [-0.05, 0) is 53.3 Å². The van der Waals surface area contributed by atoms with Crippen molar-refractivity contribution < 1.29 is 19.1 Å². The molecule has 0 aromatic heterocycles. The highest BCUT2D eigenvalue weighted by atomic mass is 35.5. The molecule has 0 saturated heterocycles. The Hall–Kier alpha value is -3.22. The van der Waals surface area contributed by atoms with Gasteiger partial charge in [0.15, 0.2) is 11.5 Å². The average molecular weight is 570 g/mol. The molecule has 4 rings (SSSR count). The van der Waals surface area contributed by atoms with Gasteiger partial charge in [-0.15, -0.1) is 0 Å². The second-order valence-electron chi connectivity index (χ2n) is 10.1. The van der Waals surface area contributed by atoms with Crippen LogP contribution in [0.3, 0.4) is 0 Å². The first-order chi connectivity index (χ1) is 18.8. The van der Waals surface area contributed by atoms with E-state index in [9.17, 15) is 9.59 Å². The summed E-state index contributed by atoms with van der Waals surface area (Å²) in [6.45, 7) is 5.85. The van der Waals surface area contributed by atoms with Crippen molar-refractivity contribution in [1.82, 2.24) is 10.2 Å². The van der Waals surface area contributed by atoms with Crippen LogP contribution in [0.25, 0.3) is 0 Å². The van der Waals surface area contributed by atoms with Crippen LogP contribution < -0.4 is 14.8 Å². The summed E-state index contributed by atoms with van der Waals surface area (Å²) in [6.07, 6.45) is 1.12. The molecule has 0 unspecified atom stereocenters. The van der Waals surface area contributed by atoms with E-state index in [-0.39, 0.29) is 30.7 Å². The van der Waals surface area contributed by atoms with Crippen LogP contribution in [0.1, 0.15) is 37.0 Å². The Kier molecular flexibility index (Phi) is 10.1. The van der Waals surface area contributed by atoms with E-state index in [0.29, 0.717) is 54.1 Å². The van der Waals surface area contributed by atoms with E-state index in [1.54, 1.807) is 17.0 Å². The van der Waals surface area contributed by atoms with Crippen LogP contribution in [0.4, 0.5) is 0 Å². The zero-order valence-corrected chi connectivity index (χ0v) is 23.8. The van der Waals surface area contributed by atoms with Crippen LogP contribution in [0.5, 0.6) is 11.5 Å². The van der Waals surface area contributed by atoms with Gasteiger partial charge in [-0.2, -0.15) is 0 Å². The smallest absolute Gasteiger partial charge is 0.243 e. The quantitative estimate of drug-likeness (QED) is 0.303. The summed E-state index contributed by atoms with van der Waals surface area (Å²) in [6, 6.07) is 20.1. The van der Waals surface area contributed by atoms with Crippen molar-refractivity contribution in [3.8, 4) is 11.5 Å². The number of fused-ring (bicyclic) bond motifs is 1. The summed E-state index contributed by atoms with van der Waals surface area (Å²) >= 11 is 12.4. The molecule has 0 radical (unpaired) electrons. The third-order valence-corrected chi connectivity index (χ3v) is 7.27. The number of aryl methyl sites for hydroxylation is 1. The Bertz CT molecular complexity index is 1280. The standard InChI is InChI=1S/C31H34Cl2N2O4/c1-21(2)19-34-31(37)27(17-22-6-4-3-5-7-22)35(20-24-8-11-25(32)26(33)16-24)30(36)13-10-23-9-12-28-29(18-23)39-15-14-38-28/h3-9,11-12,16,18,21,27H,10,13-15,17,19-20H2,1-2H3,(H,34,37)/t27-/m0/s1. The lowest BCUT2D eigenvalue weighted by molar-refractivity contribution is -0.141. The van der Waals surface area contributed by atoms with Gasteiger partial charge < -0.3 is 19.7 Å². The number of hydrogen-bond acceptors (Lipinski definition) is 4. The minimum atomic E-state index is -0.701. The highest BCUT2D eigenvalue weighted by Gasteiger charge is 2.30. The summed E-state index contributed by atoms with van der Waals surface area (Å²) < 4.78 is 11.3. The number of halogens is 2. The third-order valence-electron chi connectivity index (χ3n) is 6.53. The fourth-order valence-corrected chi connectivity index (χ4v) is 4.77. The summed E-state index contributed by atoms with van der Waals surface area (Å²) in [5, 5.41) is 3.88. The van der Waals surface area contributed by atoms with Crippen molar-refractivity contribution >= 4 is 35.0 Å². The van der Waals surface area contributed by atoms with Gasteiger partial charge in [-0.1, -0.05) is 79.5 Å². The molecule has 0 bridgehead atoms. The Morgan fingerprint density at radius 3 is 2.31 bits per heavy atom. The number of hydrogen-bond donors (Lipinski definition) is 1. The van der Waals surface area contributed by atoms with Gasteiger partial charge in [-0.3, -0.25) is 9.59 Å². The zero-order chi connectivity index (χ0) is 27.8. The van der Waals surface area contributed by atoms with E-state index in [1.165, 1.54) is 0 Å². The van der Waals surface area contributed by atoms with Gasteiger partial charge in [0, 0.05) is 25.9 Å². The Morgan fingerprint density at radius 1 is 0.872 bits per heavy atom. The Labute approximate surface area is 240 Å². The first kappa shape index (κ1) is 28.8. The van der Waals surface area contributed by atoms with Crippen molar-refractivity contribution in [1.29, 1.82) is 0 Å². The van der Waals surface area contributed by atoms with Crippen LogP contribution in [0.15, 0.2) is 66.7 Å². The number of carbonyl (C=O) groups excluding carboxylic acids is 2. The fraction of sp³-hybridized carbons (Fsp3) is 0.355. The topological polar surface area (TPSA) is 67.9 Å². The second-order valence-corrected chi connectivity index (χ2v) is 10.9. The Balaban J connectivity index is 1.60. The molecule has 0 aliphatic carbocycles. The first-order valence-electron chi connectivity index (χ1n) is 13.2. The molecule has 0 fully saturated rings. The molecule has 3 aromatic rings. The van der Waals surface area contributed by atoms with Crippen LogP contribution in [0.2, 0.25) is 10.0 Å². The van der Waals surface area contributed by atoms with Crippen molar-refractivity contribution in [2.24, 2.45) is 5.92 Å². The molecule has 0 saturated carbocycles. The molecule has 2 amide bonds. The molecule has 1 aliphatic rings. The molecular weight excluding hydrogens is 535 g/mol. The number of nitrogens with zero attached hydrogens (tertiary/aromatic N) is 1. The molecule has 1 N–H and O–H groups in total. The lowest BCUT2D eigenvalue weighted by atomic mass is 10.0. The number of amides is 2. The van der Waals surface area contributed by atoms with E-state index in [0.717, 1.165) is 16.7 Å². The number of benzene rings is 3. The third kappa shape index (κ3) is 8.13. The van der Waals surface area contributed by atoms with Crippen LogP contribution in [-0.4, -0.2) is 42.5 Å². The predicted octanol–water partition coefficient (Wildman–Crippen LogP) is 6.11. The monoisotopic (exact) mass is 568 g/mol. The van der Waals surface area contributed by atoms with Gasteiger partial charge in [0.1, 0.15) is 19.3 Å².